The van der Waals surface area contributed by atoms with Gasteiger partial charge in [-0.2, -0.15) is 0 Å². The zero-order chi connectivity index (χ0) is 21.6. The van der Waals surface area contributed by atoms with Gasteiger partial charge in [0.05, 0.1) is 13.2 Å². The number of epoxide rings is 1. The summed E-state index contributed by atoms with van der Waals surface area (Å²) in [5.41, 5.74) is 2.11. The summed E-state index contributed by atoms with van der Waals surface area (Å²) in [6, 6.07) is 4.48. The van der Waals surface area contributed by atoms with Crippen molar-refractivity contribution in [2.24, 2.45) is 0 Å². The summed E-state index contributed by atoms with van der Waals surface area (Å²) in [6.45, 7) is 21.4. The second kappa shape index (κ2) is 10.8. The van der Waals surface area contributed by atoms with Crippen LogP contribution in [-0.2, 0) is 22.1 Å². The molecule has 0 aliphatic carbocycles. The second-order valence-electron chi connectivity index (χ2n) is 10.3. The molecular formula is C20H44O5Si4. The molecule has 9 heteroatoms. The Bertz CT molecular complexity index is 529. The van der Waals surface area contributed by atoms with Crippen molar-refractivity contribution >= 4 is 33.5 Å². The average Bonchev–Trinajstić information content (AvgIpc) is 3.41. The van der Waals surface area contributed by atoms with Gasteiger partial charge in [0.15, 0.2) is 16.6 Å². The zero-order valence-corrected chi connectivity index (χ0v) is 23.7. The third-order valence-corrected chi connectivity index (χ3v) is 21.6. The van der Waals surface area contributed by atoms with E-state index < -0.39 is 33.5 Å². The highest BCUT2D eigenvalue weighted by Gasteiger charge is 2.43. The van der Waals surface area contributed by atoms with Gasteiger partial charge in [-0.25, -0.2) is 0 Å². The molecule has 2 aliphatic rings. The normalized spacial score (nSPS) is 31.2. The third kappa shape index (κ3) is 10.0. The molecule has 0 amide bonds. The number of hydrogen-bond acceptors (Lipinski definition) is 5. The van der Waals surface area contributed by atoms with E-state index in [-0.39, 0.29) is 0 Å². The molecule has 5 nitrogen and oxygen atoms in total. The largest absolute Gasteiger partial charge is 0.456 e. The summed E-state index contributed by atoms with van der Waals surface area (Å²) in [7, 11) is -7.47. The quantitative estimate of drug-likeness (QED) is 0.214. The SMILES string of the molecule is C=C[Si]1(C)CCCCO[Si](C)(CC[Si](C)(C)O[Si](C)(C)CCCOCC2CO2)O1. The van der Waals surface area contributed by atoms with Crippen molar-refractivity contribution in [1.82, 2.24) is 0 Å². The molecule has 0 aromatic rings. The van der Waals surface area contributed by atoms with E-state index in [9.17, 15) is 0 Å². The molecule has 0 spiro atoms. The van der Waals surface area contributed by atoms with Crippen molar-refractivity contribution < 1.29 is 22.1 Å². The minimum Gasteiger partial charge on any atom is -0.456 e. The van der Waals surface area contributed by atoms with E-state index in [1.54, 1.807) is 0 Å². The van der Waals surface area contributed by atoms with Crippen LogP contribution in [0.5, 0.6) is 0 Å². The van der Waals surface area contributed by atoms with E-state index >= 15 is 0 Å². The van der Waals surface area contributed by atoms with Crippen molar-refractivity contribution in [2.75, 3.05) is 26.4 Å². The van der Waals surface area contributed by atoms with E-state index in [0.717, 1.165) is 57.4 Å². The molecule has 0 aromatic carbocycles. The smallest absolute Gasteiger partial charge is 0.324 e. The van der Waals surface area contributed by atoms with E-state index in [4.69, 9.17) is 22.1 Å². The molecular weight excluding hydrogens is 433 g/mol. The molecule has 0 bridgehead atoms. The molecule has 0 saturated carbocycles. The first-order chi connectivity index (χ1) is 13.5. The van der Waals surface area contributed by atoms with Gasteiger partial charge in [0.2, 0.25) is 8.32 Å². The topological polar surface area (TPSA) is 49.5 Å². The average molecular weight is 477 g/mol. The minimum absolute atomic E-state index is 0.358. The first-order valence-corrected chi connectivity index (χ1v) is 22.8. The number of hydrogen-bond donors (Lipinski definition) is 0. The maximum atomic E-state index is 6.84. The van der Waals surface area contributed by atoms with Crippen molar-refractivity contribution in [1.29, 1.82) is 0 Å². The van der Waals surface area contributed by atoms with Gasteiger partial charge in [-0.3, -0.25) is 0 Å². The van der Waals surface area contributed by atoms with Gasteiger partial charge in [-0.15, -0.1) is 6.58 Å². The van der Waals surface area contributed by atoms with Gasteiger partial charge < -0.3 is 22.1 Å². The molecule has 2 aliphatic heterocycles. The van der Waals surface area contributed by atoms with E-state index in [1.165, 1.54) is 12.5 Å². The van der Waals surface area contributed by atoms with Crippen LogP contribution in [0, 0.1) is 0 Å². The van der Waals surface area contributed by atoms with Gasteiger partial charge in [-0.1, -0.05) is 12.1 Å². The Hall–Kier alpha value is 0.408. The molecule has 2 fully saturated rings. The Kier molecular flexibility index (Phi) is 9.58. The summed E-state index contributed by atoms with van der Waals surface area (Å²) in [5.74, 6) is 0. The first-order valence-electron chi connectivity index (χ1n) is 11.3. The fourth-order valence-electron chi connectivity index (χ4n) is 4.06. The number of rotatable bonds is 12. The Balaban J connectivity index is 1.80. The Morgan fingerprint density at radius 3 is 2.45 bits per heavy atom. The molecule has 29 heavy (non-hydrogen) atoms. The minimum atomic E-state index is -2.17. The molecule has 2 heterocycles. The van der Waals surface area contributed by atoms with Crippen LogP contribution in [0.15, 0.2) is 12.3 Å². The highest BCUT2D eigenvalue weighted by Crippen LogP contribution is 2.32. The van der Waals surface area contributed by atoms with Gasteiger partial charge >= 0.3 is 8.56 Å². The van der Waals surface area contributed by atoms with E-state index in [1.807, 2.05) is 0 Å². The van der Waals surface area contributed by atoms with Crippen molar-refractivity contribution in [3.63, 3.8) is 0 Å². The van der Waals surface area contributed by atoms with Crippen molar-refractivity contribution in [3.8, 4) is 0 Å². The summed E-state index contributed by atoms with van der Waals surface area (Å²) in [5, 5.41) is 0. The standard InChI is InChI=1S/C20H44O5Si4/c1-8-28(6)15-10-9-13-23-29(7,25-28)17-16-27(4,5)24-26(2,3)14-11-12-21-18-20-19-22-20/h8,20H,1,9-19H2,2-7H3. The fraction of sp³-hybridized carbons (Fsp3) is 0.900. The summed E-state index contributed by atoms with van der Waals surface area (Å²) >= 11 is 0. The maximum absolute atomic E-state index is 6.84. The van der Waals surface area contributed by atoms with Crippen LogP contribution in [0.1, 0.15) is 19.3 Å². The highest BCUT2D eigenvalue weighted by atomic mass is 28.4. The van der Waals surface area contributed by atoms with Crippen LogP contribution < -0.4 is 0 Å². The highest BCUT2D eigenvalue weighted by molar-refractivity contribution is 6.88. The molecule has 0 N–H and O–H groups in total. The Morgan fingerprint density at radius 1 is 1.10 bits per heavy atom. The fourth-order valence-corrected chi connectivity index (χ4v) is 23.3. The molecule has 3 atom stereocenters. The predicted octanol–water partition coefficient (Wildman–Crippen LogP) is 5.42. The number of ether oxygens (including phenoxy) is 2. The van der Waals surface area contributed by atoms with Crippen LogP contribution in [0.3, 0.4) is 0 Å². The van der Waals surface area contributed by atoms with Crippen molar-refractivity contribution in [3.05, 3.63) is 12.3 Å². The molecule has 2 saturated heterocycles. The lowest BCUT2D eigenvalue weighted by Crippen LogP contribution is -2.52. The van der Waals surface area contributed by atoms with E-state index in [2.05, 4.69) is 51.6 Å². The second-order valence-corrected chi connectivity index (χ2v) is 26.6. The lowest BCUT2D eigenvalue weighted by molar-refractivity contribution is 0.116. The van der Waals surface area contributed by atoms with Gasteiger partial charge in [-0.05, 0) is 76.3 Å². The molecule has 0 aromatic heterocycles. The molecule has 3 unspecified atom stereocenters. The molecule has 0 radical (unpaired) electrons. The summed E-state index contributed by atoms with van der Waals surface area (Å²) in [4.78, 5) is 0. The van der Waals surface area contributed by atoms with Gasteiger partial charge in [0.25, 0.3) is 0 Å². The Labute approximate surface area is 183 Å². The maximum Gasteiger partial charge on any atom is 0.324 e. The summed E-state index contributed by atoms with van der Waals surface area (Å²) in [6.07, 6.45) is 3.78. The Morgan fingerprint density at radius 2 is 1.79 bits per heavy atom. The predicted molar refractivity (Wildman–Crippen MR) is 130 cm³/mol. The van der Waals surface area contributed by atoms with Crippen LogP contribution in [0.4, 0.5) is 0 Å². The lowest BCUT2D eigenvalue weighted by Gasteiger charge is -2.40. The lowest BCUT2D eigenvalue weighted by atomic mass is 10.4. The van der Waals surface area contributed by atoms with Gasteiger partial charge in [0, 0.05) is 13.2 Å². The molecule has 170 valence electrons. The monoisotopic (exact) mass is 476 g/mol. The van der Waals surface area contributed by atoms with Crippen LogP contribution in [0.2, 0.25) is 63.5 Å². The third-order valence-electron chi connectivity index (χ3n) is 5.86. The van der Waals surface area contributed by atoms with Crippen LogP contribution in [-0.4, -0.2) is 66.0 Å². The zero-order valence-electron chi connectivity index (χ0n) is 19.7. The van der Waals surface area contributed by atoms with Crippen LogP contribution >= 0.6 is 0 Å². The van der Waals surface area contributed by atoms with E-state index in [0.29, 0.717) is 6.10 Å². The van der Waals surface area contributed by atoms with Crippen molar-refractivity contribution in [2.45, 2.75) is 88.8 Å². The van der Waals surface area contributed by atoms with Crippen LogP contribution in [0.25, 0.3) is 0 Å². The molecule has 2 rings (SSSR count). The first kappa shape index (κ1) is 25.7. The van der Waals surface area contributed by atoms with Gasteiger partial charge in [0.1, 0.15) is 6.10 Å². The summed E-state index contributed by atoms with van der Waals surface area (Å²) < 4.78 is 30.8.